The van der Waals surface area contributed by atoms with E-state index in [1.165, 1.54) is 0 Å². The summed E-state index contributed by atoms with van der Waals surface area (Å²) in [4.78, 5) is 34.0. The number of rotatable bonds is 8. The van der Waals surface area contributed by atoms with E-state index in [-0.39, 0.29) is 30.8 Å². The largest absolute Gasteiger partial charge is 0.494 e. The van der Waals surface area contributed by atoms with Crippen molar-refractivity contribution in [1.29, 1.82) is 0 Å². The predicted octanol–water partition coefficient (Wildman–Crippen LogP) is 3.13. The molecule has 4 rings (SSSR count). The smallest absolute Gasteiger partial charge is 0.303 e. The Balaban J connectivity index is 1.47. The van der Waals surface area contributed by atoms with Crippen LogP contribution in [0.3, 0.4) is 0 Å². The van der Waals surface area contributed by atoms with Crippen LogP contribution in [0.2, 0.25) is 0 Å². The molecule has 1 aliphatic heterocycles. The van der Waals surface area contributed by atoms with Gasteiger partial charge in [0.1, 0.15) is 22.8 Å². The molecule has 168 valence electrons. The number of aliphatic carboxylic acids is 1. The summed E-state index contributed by atoms with van der Waals surface area (Å²) in [5.41, 5.74) is 1.62. The average molecular weight is 437 g/mol. The molecular weight excluding hydrogens is 410 g/mol. The monoisotopic (exact) mass is 437 g/mol. The van der Waals surface area contributed by atoms with E-state index in [0.29, 0.717) is 37.4 Å². The molecule has 0 saturated carbocycles. The van der Waals surface area contributed by atoms with Crippen LogP contribution in [0.5, 0.6) is 11.5 Å². The number of benzene rings is 2. The number of methoxy groups -OCH3 is 1. The van der Waals surface area contributed by atoms with E-state index in [4.69, 9.17) is 9.47 Å². The number of likely N-dealkylation sites (tertiary alicyclic amines) is 1. The molecule has 1 saturated heterocycles. The van der Waals surface area contributed by atoms with Crippen LogP contribution >= 0.6 is 0 Å². The standard InChI is InChI=1S/C24H27N3O5/c1-31-20-9-5-8-19-24(20)26-21(25-19)12-17-14-27(11-10-16(17)13-23(29)30)22(28)15-32-18-6-3-2-4-7-18/h2-9,16-17H,10-15H2,1H3,(H,25,26)(H,29,30). The lowest BCUT2D eigenvalue weighted by atomic mass is 9.81. The van der Waals surface area contributed by atoms with E-state index in [1.54, 1.807) is 12.0 Å². The van der Waals surface area contributed by atoms with E-state index >= 15 is 0 Å². The quantitative estimate of drug-likeness (QED) is 0.561. The first-order valence-corrected chi connectivity index (χ1v) is 10.7. The highest BCUT2D eigenvalue weighted by Gasteiger charge is 2.33. The molecule has 8 nitrogen and oxygen atoms in total. The van der Waals surface area contributed by atoms with Gasteiger partial charge in [0.2, 0.25) is 0 Å². The van der Waals surface area contributed by atoms with Crippen molar-refractivity contribution >= 4 is 22.9 Å². The molecule has 1 fully saturated rings. The van der Waals surface area contributed by atoms with Gasteiger partial charge in [-0.2, -0.15) is 0 Å². The lowest BCUT2D eigenvalue weighted by Gasteiger charge is -2.38. The number of nitrogens with one attached hydrogen (secondary N) is 1. The minimum atomic E-state index is -0.821. The zero-order valence-corrected chi connectivity index (χ0v) is 18.0. The molecule has 0 aliphatic carbocycles. The molecule has 32 heavy (non-hydrogen) atoms. The van der Waals surface area contributed by atoms with Gasteiger partial charge in [0, 0.05) is 25.9 Å². The number of carbonyl (C=O) groups is 2. The van der Waals surface area contributed by atoms with Crippen LogP contribution in [0, 0.1) is 11.8 Å². The molecule has 1 amide bonds. The Bertz CT molecular complexity index is 1080. The highest BCUT2D eigenvalue weighted by molar-refractivity contribution is 5.81. The first kappa shape index (κ1) is 21.7. The first-order valence-electron chi connectivity index (χ1n) is 10.7. The van der Waals surface area contributed by atoms with Gasteiger partial charge in [-0.15, -0.1) is 0 Å². The van der Waals surface area contributed by atoms with Gasteiger partial charge in [0.05, 0.1) is 12.6 Å². The van der Waals surface area contributed by atoms with Crippen molar-refractivity contribution in [3.63, 3.8) is 0 Å². The Labute approximate surface area is 186 Å². The second-order valence-corrected chi connectivity index (χ2v) is 8.09. The fourth-order valence-electron chi connectivity index (χ4n) is 4.35. The molecule has 0 spiro atoms. The molecule has 1 aliphatic rings. The van der Waals surface area contributed by atoms with Crippen molar-refractivity contribution < 1.29 is 24.2 Å². The number of carboxylic acids is 1. The van der Waals surface area contributed by atoms with Crippen LogP contribution in [-0.4, -0.2) is 58.7 Å². The highest BCUT2D eigenvalue weighted by Crippen LogP contribution is 2.31. The maximum absolute atomic E-state index is 12.8. The maximum Gasteiger partial charge on any atom is 0.303 e. The lowest BCUT2D eigenvalue weighted by Crippen LogP contribution is -2.46. The van der Waals surface area contributed by atoms with Gasteiger partial charge in [-0.3, -0.25) is 9.59 Å². The maximum atomic E-state index is 12.8. The van der Waals surface area contributed by atoms with Crippen molar-refractivity contribution in [1.82, 2.24) is 14.9 Å². The van der Waals surface area contributed by atoms with Crippen LogP contribution < -0.4 is 9.47 Å². The number of piperidine rings is 1. The molecule has 0 radical (unpaired) electrons. The van der Waals surface area contributed by atoms with Gasteiger partial charge >= 0.3 is 5.97 Å². The number of hydrogen-bond acceptors (Lipinski definition) is 5. The predicted molar refractivity (Wildman–Crippen MR) is 119 cm³/mol. The van der Waals surface area contributed by atoms with Gasteiger partial charge in [-0.05, 0) is 42.5 Å². The summed E-state index contributed by atoms with van der Waals surface area (Å²) in [5.74, 6) is 1.13. The topological polar surface area (TPSA) is 105 Å². The fraction of sp³-hybridized carbons (Fsp3) is 0.375. The Kier molecular flexibility index (Phi) is 6.58. The number of carbonyl (C=O) groups excluding carboxylic acids is 1. The number of amides is 1. The third-order valence-corrected chi connectivity index (χ3v) is 5.99. The van der Waals surface area contributed by atoms with E-state index in [2.05, 4.69) is 9.97 Å². The number of fused-ring (bicyclic) bond motifs is 1. The minimum Gasteiger partial charge on any atom is -0.494 e. The van der Waals surface area contributed by atoms with E-state index in [0.717, 1.165) is 16.9 Å². The van der Waals surface area contributed by atoms with Crippen molar-refractivity contribution in [2.75, 3.05) is 26.8 Å². The summed E-state index contributed by atoms with van der Waals surface area (Å²) in [5, 5.41) is 9.38. The van der Waals surface area contributed by atoms with Gasteiger partial charge in [0.15, 0.2) is 6.61 Å². The third-order valence-electron chi connectivity index (χ3n) is 5.99. The lowest BCUT2D eigenvalue weighted by molar-refractivity contribution is -0.140. The van der Waals surface area contributed by atoms with Crippen LogP contribution in [0.4, 0.5) is 0 Å². The van der Waals surface area contributed by atoms with E-state index < -0.39 is 5.97 Å². The zero-order valence-electron chi connectivity index (χ0n) is 18.0. The van der Waals surface area contributed by atoms with Crippen molar-refractivity contribution in [2.45, 2.75) is 19.3 Å². The number of aromatic nitrogens is 2. The highest BCUT2D eigenvalue weighted by atomic mass is 16.5. The molecule has 2 N–H and O–H groups in total. The number of para-hydroxylation sites is 2. The Morgan fingerprint density at radius 1 is 1.16 bits per heavy atom. The Morgan fingerprint density at radius 3 is 2.72 bits per heavy atom. The van der Waals surface area contributed by atoms with Crippen LogP contribution in [0.15, 0.2) is 48.5 Å². The Morgan fingerprint density at radius 2 is 1.97 bits per heavy atom. The molecule has 2 heterocycles. The zero-order chi connectivity index (χ0) is 22.5. The van der Waals surface area contributed by atoms with Crippen molar-refractivity contribution in [3.05, 3.63) is 54.4 Å². The van der Waals surface area contributed by atoms with Gasteiger partial charge in [-0.25, -0.2) is 4.98 Å². The number of carboxylic acid groups (broad SMARTS) is 1. The summed E-state index contributed by atoms with van der Waals surface area (Å²) in [6.07, 6.45) is 1.27. The SMILES string of the molecule is COc1cccc2[nH]c(CC3CN(C(=O)COc4ccccc4)CCC3CC(=O)O)nc12. The molecule has 0 bridgehead atoms. The second-order valence-electron chi connectivity index (χ2n) is 8.09. The molecule has 3 aromatic rings. The molecule has 1 aromatic heterocycles. The van der Waals surface area contributed by atoms with Crippen molar-refractivity contribution in [2.24, 2.45) is 11.8 Å². The summed E-state index contributed by atoms with van der Waals surface area (Å²) < 4.78 is 11.0. The molecule has 2 unspecified atom stereocenters. The summed E-state index contributed by atoms with van der Waals surface area (Å²) in [7, 11) is 1.61. The van der Waals surface area contributed by atoms with Gasteiger partial charge in [-0.1, -0.05) is 24.3 Å². The summed E-state index contributed by atoms with van der Waals surface area (Å²) in [6.45, 7) is 0.963. The molecule has 2 atom stereocenters. The summed E-state index contributed by atoms with van der Waals surface area (Å²) >= 11 is 0. The first-order chi connectivity index (χ1) is 15.5. The number of H-pyrrole nitrogens is 1. The number of aromatic amines is 1. The number of imidazole rings is 1. The molecule has 8 heteroatoms. The average Bonchev–Trinajstić information content (AvgIpc) is 3.21. The Hall–Kier alpha value is -3.55. The number of hydrogen-bond donors (Lipinski definition) is 2. The van der Waals surface area contributed by atoms with Crippen LogP contribution in [-0.2, 0) is 16.0 Å². The van der Waals surface area contributed by atoms with Crippen LogP contribution in [0.25, 0.3) is 11.0 Å². The number of ether oxygens (including phenoxy) is 2. The van der Waals surface area contributed by atoms with Crippen molar-refractivity contribution in [3.8, 4) is 11.5 Å². The minimum absolute atomic E-state index is 0.0212. The van der Waals surface area contributed by atoms with Crippen LogP contribution in [0.1, 0.15) is 18.7 Å². The molecular formula is C24H27N3O5. The van der Waals surface area contributed by atoms with Gasteiger partial charge in [0.25, 0.3) is 5.91 Å². The van der Waals surface area contributed by atoms with E-state index in [1.807, 2.05) is 48.5 Å². The molecule has 2 aromatic carbocycles. The third kappa shape index (κ3) is 5.01. The normalized spacial score (nSPS) is 18.5. The van der Waals surface area contributed by atoms with Gasteiger partial charge < -0.3 is 24.5 Å². The van der Waals surface area contributed by atoms with E-state index in [9.17, 15) is 14.7 Å². The summed E-state index contributed by atoms with van der Waals surface area (Å²) in [6, 6.07) is 14.9. The number of nitrogens with zero attached hydrogens (tertiary/aromatic N) is 2. The fourth-order valence-corrected chi connectivity index (χ4v) is 4.35. The second kappa shape index (κ2) is 9.72.